The Bertz CT molecular complexity index is 520. The van der Waals surface area contributed by atoms with Gasteiger partial charge in [-0.15, -0.1) is 4.72 Å². The molecule has 22 heavy (non-hydrogen) atoms. The van der Waals surface area contributed by atoms with Gasteiger partial charge in [0.15, 0.2) is 0 Å². The fraction of sp³-hybridized carbons (Fsp3) is 0.667. The molecule has 1 spiro atoms. The van der Waals surface area contributed by atoms with Crippen molar-refractivity contribution in [1.82, 2.24) is 10.0 Å². The topological polar surface area (TPSA) is 47.1 Å². The average Bonchev–Trinajstić information content (AvgIpc) is 2.50. The Morgan fingerprint density at radius 3 is 2.59 bits per heavy atom. The zero-order valence-electron chi connectivity index (χ0n) is 13.9. The molecule has 2 aliphatic rings. The zero-order chi connectivity index (χ0) is 15.8. The van der Waals surface area contributed by atoms with Crippen molar-refractivity contribution in [2.45, 2.75) is 62.7 Å². The number of fused-ring (bicyclic) bond motifs is 2. The van der Waals surface area contributed by atoms with Crippen molar-refractivity contribution in [1.29, 1.82) is 0 Å². The van der Waals surface area contributed by atoms with E-state index in [-0.39, 0.29) is 10.2 Å². The second kappa shape index (κ2) is 6.16. The van der Waals surface area contributed by atoms with E-state index in [0.717, 1.165) is 38.8 Å². The van der Waals surface area contributed by atoms with E-state index in [1.165, 1.54) is 11.1 Å². The van der Waals surface area contributed by atoms with Crippen LogP contribution in [0.15, 0.2) is 24.3 Å². The van der Waals surface area contributed by atoms with Gasteiger partial charge in [0.2, 0.25) is 0 Å². The minimum Gasteiger partial charge on any atom is -0.598 e. The van der Waals surface area contributed by atoms with Gasteiger partial charge >= 0.3 is 0 Å². The minimum atomic E-state index is -1.01. The molecule has 0 bridgehead atoms. The quantitative estimate of drug-likeness (QED) is 0.824. The maximum Gasteiger partial charge on any atom is 0.136 e. The summed E-state index contributed by atoms with van der Waals surface area (Å²) in [6.07, 6.45) is 4.43. The summed E-state index contributed by atoms with van der Waals surface area (Å²) in [5.41, 5.74) is 3.12. The molecule has 122 valence electrons. The molecule has 0 saturated carbocycles. The van der Waals surface area contributed by atoms with Crippen molar-refractivity contribution in [3.63, 3.8) is 0 Å². The summed E-state index contributed by atoms with van der Waals surface area (Å²) in [5.74, 6) is 0. The van der Waals surface area contributed by atoms with E-state index < -0.39 is 11.4 Å². The van der Waals surface area contributed by atoms with Crippen molar-refractivity contribution in [3.8, 4) is 0 Å². The zero-order valence-corrected chi connectivity index (χ0v) is 14.8. The Morgan fingerprint density at radius 1 is 1.23 bits per heavy atom. The molecule has 1 aromatic rings. The molecule has 4 heteroatoms. The van der Waals surface area contributed by atoms with Gasteiger partial charge in [-0.2, -0.15) is 0 Å². The predicted octanol–water partition coefficient (Wildman–Crippen LogP) is 2.67. The Kier molecular flexibility index (Phi) is 4.56. The molecule has 1 aromatic carbocycles. The van der Waals surface area contributed by atoms with Crippen LogP contribution in [0, 0.1) is 0 Å². The van der Waals surface area contributed by atoms with Gasteiger partial charge in [0.1, 0.15) is 4.75 Å². The highest BCUT2D eigenvalue weighted by atomic mass is 32.2. The van der Waals surface area contributed by atoms with E-state index in [2.05, 4.69) is 34.3 Å². The van der Waals surface area contributed by atoms with Crippen LogP contribution in [0.25, 0.3) is 0 Å². The highest BCUT2D eigenvalue weighted by molar-refractivity contribution is 7.90. The van der Waals surface area contributed by atoms with Gasteiger partial charge in [-0.3, -0.25) is 0 Å². The summed E-state index contributed by atoms with van der Waals surface area (Å²) < 4.78 is 15.9. The number of aryl methyl sites for hydroxylation is 1. The highest BCUT2D eigenvalue weighted by Gasteiger charge is 2.47. The third-order valence-electron chi connectivity index (χ3n) is 5.22. The first-order valence-electron chi connectivity index (χ1n) is 8.41. The molecular formula is C18H28N2OS. The van der Waals surface area contributed by atoms with Gasteiger partial charge in [0.25, 0.3) is 0 Å². The summed E-state index contributed by atoms with van der Waals surface area (Å²) >= 11 is -1.01. The largest absolute Gasteiger partial charge is 0.598 e. The Hall–Kier alpha value is -0.550. The smallest absolute Gasteiger partial charge is 0.136 e. The first-order chi connectivity index (χ1) is 10.4. The molecule has 1 aliphatic carbocycles. The van der Waals surface area contributed by atoms with Gasteiger partial charge < -0.3 is 9.87 Å². The number of rotatable bonds is 2. The lowest BCUT2D eigenvalue weighted by molar-refractivity contribution is 0.218. The first kappa shape index (κ1) is 16.3. The number of benzene rings is 1. The molecule has 1 heterocycles. The molecule has 3 rings (SSSR count). The van der Waals surface area contributed by atoms with Gasteiger partial charge in [-0.05, 0) is 70.7 Å². The summed E-state index contributed by atoms with van der Waals surface area (Å²) in [7, 11) is 0. The molecule has 0 radical (unpaired) electrons. The molecule has 1 unspecified atom stereocenters. The fourth-order valence-corrected chi connectivity index (χ4v) is 4.91. The van der Waals surface area contributed by atoms with Gasteiger partial charge in [-0.1, -0.05) is 24.3 Å². The third-order valence-corrected chi connectivity index (χ3v) is 6.84. The maximum absolute atomic E-state index is 12.7. The average molecular weight is 321 g/mol. The number of hydrogen-bond donors (Lipinski definition) is 2. The van der Waals surface area contributed by atoms with Crippen molar-refractivity contribution >= 4 is 11.4 Å². The summed E-state index contributed by atoms with van der Waals surface area (Å²) in [5, 5.41) is 3.49. The van der Waals surface area contributed by atoms with Gasteiger partial charge in [-0.25, -0.2) is 0 Å². The Labute approximate surface area is 137 Å². The van der Waals surface area contributed by atoms with Crippen LogP contribution in [0.3, 0.4) is 0 Å². The van der Waals surface area contributed by atoms with Crippen LogP contribution in [0.5, 0.6) is 0 Å². The monoisotopic (exact) mass is 320 g/mol. The first-order valence-corrected chi connectivity index (χ1v) is 9.56. The van der Waals surface area contributed by atoms with E-state index >= 15 is 0 Å². The number of nitrogens with one attached hydrogen (secondary N) is 2. The molecule has 3 nitrogen and oxygen atoms in total. The molecule has 2 atom stereocenters. The van der Waals surface area contributed by atoms with Crippen LogP contribution in [0.4, 0.5) is 0 Å². The normalized spacial score (nSPS) is 25.7. The lowest BCUT2D eigenvalue weighted by Gasteiger charge is -2.48. The molecule has 1 aliphatic heterocycles. The van der Waals surface area contributed by atoms with Crippen molar-refractivity contribution in [2.75, 3.05) is 13.1 Å². The highest BCUT2D eigenvalue weighted by Crippen LogP contribution is 2.44. The summed E-state index contributed by atoms with van der Waals surface area (Å²) in [6, 6.07) is 9.19. The maximum atomic E-state index is 12.7. The predicted molar refractivity (Wildman–Crippen MR) is 93.4 cm³/mol. The van der Waals surface area contributed by atoms with Crippen LogP contribution in [0.2, 0.25) is 0 Å². The lowest BCUT2D eigenvalue weighted by atomic mass is 9.62. The molecular weight excluding hydrogens is 292 g/mol. The van der Waals surface area contributed by atoms with Crippen LogP contribution < -0.4 is 10.0 Å². The van der Waals surface area contributed by atoms with E-state index in [1.807, 2.05) is 20.8 Å². The number of hydrogen-bond acceptors (Lipinski definition) is 3. The van der Waals surface area contributed by atoms with Crippen LogP contribution in [-0.2, 0) is 23.2 Å². The van der Waals surface area contributed by atoms with Crippen LogP contribution >= 0.6 is 0 Å². The fourth-order valence-electron chi connectivity index (χ4n) is 3.96. The van der Waals surface area contributed by atoms with Crippen molar-refractivity contribution in [3.05, 3.63) is 35.4 Å². The second-order valence-electron chi connectivity index (χ2n) is 7.65. The Balaban J connectivity index is 1.93. The standard InChI is InChI=1S/C18H28N2OS/c1-17(2,3)22(21)20-16-9-8-14-6-4-5-7-15(14)18(16)10-12-19-13-11-18/h4-7,16,19-20H,8-13H2,1-3H3/t16-,22?/m1/s1. The third kappa shape index (κ3) is 2.94. The van der Waals surface area contributed by atoms with Crippen LogP contribution in [0.1, 0.15) is 51.2 Å². The lowest BCUT2D eigenvalue weighted by Crippen LogP contribution is -2.59. The molecule has 0 amide bonds. The van der Waals surface area contributed by atoms with Crippen molar-refractivity contribution in [2.24, 2.45) is 0 Å². The molecule has 2 N–H and O–H groups in total. The van der Waals surface area contributed by atoms with Crippen LogP contribution in [-0.4, -0.2) is 28.4 Å². The van der Waals surface area contributed by atoms with E-state index in [1.54, 1.807) is 0 Å². The summed E-state index contributed by atoms with van der Waals surface area (Å²) in [6.45, 7) is 8.23. The van der Waals surface area contributed by atoms with Crippen molar-refractivity contribution < 1.29 is 4.55 Å². The second-order valence-corrected chi connectivity index (χ2v) is 9.65. The summed E-state index contributed by atoms with van der Waals surface area (Å²) in [4.78, 5) is 0. The van der Waals surface area contributed by atoms with Gasteiger partial charge in [0, 0.05) is 16.8 Å². The molecule has 1 fully saturated rings. The number of piperidine rings is 1. The molecule has 1 saturated heterocycles. The Morgan fingerprint density at radius 2 is 1.91 bits per heavy atom. The van der Waals surface area contributed by atoms with E-state index in [9.17, 15) is 4.55 Å². The molecule has 0 aromatic heterocycles. The minimum absolute atomic E-state index is 0.140. The van der Waals surface area contributed by atoms with Gasteiger partial charge in [0.05, 0.1) is 6.04 Å². The SMILES string of the molecule is CC(C)(C)[S+]([O-])N[C@@H]1CCc2ccccc2C12CCNCC2. The van der Waals surface area contributed by atoms with E-state index in [4.69, 9.17) is 0 Å². The van der Waals surface area contributed by atoms with E-state index in [0.29, 0.717) is 6.04 Å².